The third-order valence-electron chi connectivity index (χ3n) is 3.77. The lowest BCUT2D eigenvalue weighted by Crippen LogP contribution is -2.42. The number of aromatic nitrogens is 3. The number of nitrogens with zero attached hydrogens (tertiary/aromatic N) is 3. The summed E-state index contributed by atoms with van der Waals surface area (Å²) >= 11 is 1.46. The second-order valence-electron chi connectivity index (χ2n) is 5.98. The van der Waals surface area contributed by atoms with E-state index in [1.807, 2.05) is 6.92 Å². The molecule has 3 heterocycles. The van der Waals surface area contributed by atoms with Gasteiger partial charge < -0.3 is 15.2 Å². The smallest absolute Gasteiger partial charge is 0.296 e. The number of fused-ring (bicyclic) bond motifs is 1. The molecule has 1 amide bonds. The van der Waals surface area contributed by atoms with Gasteiger partial charge in [0.1, 0.15) is 11.4 Å². The molecule has 3 rings (SSSR count). The Morgan fingerprint density at radius 1 is 1.54 bits per heavy atom. The second-order valence-corrected chi connectivity index (χ2v) is 7.30. The van der Waals surface area contributed by atoms with Crippen LogP contribution in [0, 0.1) is 6.92 Å². The van der Waals surface area contributed by atoms with Crippen molar-refractivity contribution in [3.05, 3.63) is 38.0 Å². The van der Waals surface area contributed by atoms with Crippen molar-refractivity contribution in [2.75, 3.05) is 6.61 Å². The van der Waals surface area contributed by atoms with Crippen molar-refractivity contribution in [3.63, 3.8) is 0 Å². The van der Waals surface area contributed by atoms with Gasteiger partial charge in [-0.25, -0.2) is 9.97 Å². The van der Waals surface area contributed by atoms with Crippen LogP contribution in [0.3, 0.4) is 0 Å². The van der Waals surface area contributed by atoms with Crippen LogP contribution in [0.15, 0.2) is 11.0 Å². The number of amides is 1. The minimum absolute atomic E-state index is 0.254. The number of ether oxygens (including phenoxy) is 1. The number of aryl methyl sites for hydroxylation is 1. The van der Waals surface area contributed by atoms with E-state index in [0.29, 0.717) is 19.0 Å². The molecule has 8 nitrogen and oxygen atoms in total. The van der Waals surface area contributed by atoms with Crippen molar-refractivity contribution >= 4 is 17.2 Å². The van der Waals surface area contributed by atoms with Crippen LogP contribution < -0.4 is 10.9 Å². The van der Waals surface area contributed by atoms with Crippen LogP contribution in [0.4, 0.5) is 0 Å². The lowest BCUT2D eigenvalue weighted by atomic mass is 10.1. The van der Waals surface area contributed by atoms with Crippen LogP contribution in [-0.2, 0) is 23.4 Å². The van der Waals surface area contributed by atoms with Crippen molar-refractivity contribution < 1.29 is 14.6 Å². The minimum atomic E-state index is -0.811. The van der Waals surface area contributed by atoms with E-state index in [1.165, 1.54) is 15.9 Å². The molecule has 128 valence electrons. The van der Waals surface area contributed by atoms with Crippen LogP contribution >= 0.6 is 11.3 Å². The first kappa shape index (κ1) is 16.6. The number of rotatable bonds is 3. The first-order valence-corrected chi connectivity index (χ1v) is 8.29. The Balaban J connectivity index is 1.91. The highest BCUT2D eigenvalue weighted by Crippen LogP contribution is 2.27. The van der Waals surface area contributed by atoms with Gasteiger partial charge >= 0.3 is 0 Å². The number of thiazole rings is 1. The quantitative estimate of drug-likeness (QED) is 0.852. The Morgan fingerprint density at radius 3 is 2.96 bits per heavy atom. The average molecular weight is 350 g/mol. The fraction of sp³-hybridized carbons (Fsp3) is 0.467. The monoisotopic (exact) mass is 350 g/mol. The summed E-state index contributed by atoms with van der Waals surface area (Å²) in [5.74, 6) is -0.926. The van der Waals surface area contributed by atoms with Crippen LogP contribution in [-0.4, -0.2) is 32.2 Å². The molecule has 2 N–H and O–H groups in total. The van der Waals surface area contributed by atoms with E-state index < -0.39 is 22.8 Å². The maximum Gasteiger partial charge on any atom is 0.296 e. The predicted molar refractivity (Wildman–Crippen MR) is 87.2 cm³/mol. The first-order chi connectivity index (χ1) is 11.3. The molecule has 1 aliphatic rings. The van der Waals surface area contributed by atoms with Gasteiger partial charge in [-0.1, -0.05) is 0 Å². The number of nitrogens with one attached hydrogen (secondary N) is 1. The van der Waals surface area contributed by atoms with Crippen molar-refractivity contribution in [1.82, 2.24) is 19.9 Å². The summed E-state index contributed by atoms with van der Waals surface area (Å²) in [5, 5.41) is 13.6. The van der Waals surface area contributed by atoms with Gasteiger partial charge in [0.05, 0.1) is 24.7 Å². The predicted octanol–water partition coefficient (Wildman–Crippen LogP) is 0.909. The van der Waals surface area contributed by atoms with Gasteiger partial charge in [0.2, 0.25) is 5.75 Å². The SMILES string of the molecule is Cc1ncc(CNC(=O)c2nc3n(c(=O)c2O)CCOC3(C)C)s1. The standard InChI is InChI=1S/C15H18N4O4S/c1-8-16-6-9(24-8)7-17-12(21)10-11(20)13(22)19-4-5-23-15(2,3)14(19)18-10/h6,20H,4-5,7H2,1-3H3,(H,17,21). The Morgan fingerprint density at radius 2 is 2.29 bits per heavy atom. The zero-order chi connectivity index (χ0) is 17.5. The normalized spacial score (nSPS) is 15.8. The Bertz CT molecular complexity index is 856. The van der Waals surface area contributed by atoms with Gasteiger partial charge in [-0.2, -0.15) is 0 Å². The molecule has 24 heavy (non-hydrogen) atoms. The van der Waals surface area contributed by atoms with Gasteiger partial charge in [0.25, 0.3) is 11.5 Å². The van der Waals surface area contributed by atoms with Gasteiger partial charge in [-0.15, -0.1) is 11.3 Å². The first-order valence-electron chi connectivity index (χ1n) is 7.47. The fourth-order valence-electron chi connectivity index (χ4n) is 2.56. The van der Waals surface area contributed by atoms with E-state index in [2.05, 4.69) is 15.3 Å². The van der Waals surface area contributed by atoms with E-state index in [4.69, 9.17) is 4.74 Å². The molecule has 2 aromatic heterocycles. The van der Waals surface area contributed by atoms with Crippen molar-refractivity contribution in [2.24, 2.45) is 0 Å². The molecule has 0 saturated carbocycles. The Hall–Kier alpha value is -2.26. The molecule has 0 fully saturated rings. The summed E-state index contributed by atoms with van der Waals surface area (Å²) in [6.45, 7) is 6.30. The third-order valence-corrected chi connectivity index (χ3v) is 4.68. The number of carbonyl (C=O) groups excluding carboxylic acids is 1. The molecule has 9 heteroatoms. The van der Waals surface area contributed by atoms with Crippen molar-refractivity contribution in [1.29, 1.82) is 0 Å². The van der Waals surface area contributed by atoms with E-state index in [-0.39, 0.29) is 12.2 Å². The number of carbonyl (C=O) groups is 1. The topological polar surface area (TPSA) is 106 Å². The minimum Gasteiger partial charge on any atom is -0.501 e. The highest BCUT2D eigenvalue weighted by molar-refractivity contribution is 7.11. The zero-order valence-electron chi connectivity index (χ0n) is 13.6. The van der Waals surface area contributed by atoms with Crippen LogP contribution in [0.1, 0.15) is 40.0 Å². The van der Waals surface area contributed by atoms with Gasteiger partial charge in [-0.3, -0.25) is 14.2 Å². The molecule has 0 radical (unpaired) electrons. The molecule has 0 aliphatic carbocycles. The zero-order valence-corrected chi connectivity index (χ0v) is 14.4. The van der Waals surface area contributed by atoms with Gasteiger partial charge in [0.15, 0.2) is 5.69 Å². The summed E-state index contributed by atoms with van der Waals surface area (Å²) < 4.78 is 6.96. The summed E-state index contributed by atoms with van der Waals surface area (Å²) in [5.41, 5.74) is -1.73. The fourth-order valence-corrected chi connectivity index (χ4v) is 3.30. The Kier molecular flexibility index (Phi) is 4.14. The van der Waals surface area contributed by atoms with Crippen LogP contribution in [0.2, 0.25) is 0 Å². The van der Waals surface area contributed by atoms with E-state index in [0.717, 1.165) is 9.88 Å². The summed E-state index contributed by atoms with van der Waals surface area (Å²) in [4.78, 5) is 33.9. The maximum absolute atomic E-state index is 12.4. The Labute approximate surface area is 142 Å². The summed E-state index contributed by atoms with van der Waals surface area (Å²) in [6, 6.07) is 0. The molecule has 0 spiro atoms. The lowest BCUT2D eigenvalue weighted by Gasteiger charge is -2.32. The molecule has 0 unspecified atom stereocenters. The lowest BCUT2D eigenvalue weighted by molar-refractivity contribution is -0.0566. The number of hydrogen-bond donors (Lipinski definition) is 2. The van der Waals surface area contributed by atoms with E-state index in [1.54, 1.807) is 20.0 Å². The molecule has 0 bridgehead atoms. The maximum atomic E-state index is 12.4. The molecule has 1 aliphatic heterocycles. The summed E-state index contributed by atoms with van der Waals surface area (Å²) in [6.07, 6.45) is 1.67. The number of aromatic hydroxyl groups is 1. The van der Waals surface area contributed by atoms with Crippen LogP contribution in [0.25, 0.3) is 0 Å². The molecular weight excluding hydrogens is 332 g/mol. The second kappa shape index (κ2) is 5.99. The largest absolute Gasteiger partial charge is 0.501 e. The van der Waals surface area contributed by atoms with Crippen molar-refractivity contribution in [2.45, 2.75) is 39.5 Å². The molecular formula is C15H18N4O4S. The van der Waals surface area contributed by atoms with Gasteiger partial charge in [0, 0.05) is 11.1 Å². The number of hydrogen-bond acceptors (Lipinski definition) is 7. The average Bonchev–Trinajstić information content (AvgIpc) is 2.94. The molecule has 0 saturated heterocycles. The van der Waals surface area contributed by atoms with E-state index in [9.17, 15) is 14.7 Å². The van der Waals surface area contributed by atoms with E-state index >= 15 is 0 Å². The third kappa shape index (κ3) is 2.92. The van der Waals surface area contributed by atoms with Crippen LogP contribution in [0.5, 0.6) is 5.75 Å². The summed E-state index contributed by atoms with van der Waals surface area (Å²) in [7, 11) is 0. The highest BCUT2D eigenvalue weighted by Gasteiger charge is 2.34. The molecule has 0 atom stereocenters. The highest BCUT2D eigenvalue weighted by atomic mass is 32.1. The molecule has 2 aromatic rings. The molecule has 0 aromatic carbocycles. The van der Waals surface area contributed by atoms with Crippen molar-refractivity contribution in [3.8, 4) is 5.75 Å². The van der Waals surface area contributed by atoms with Gasteiger partial charge in [-0.05, 0) is 20.8 Å².